The van der Waals surface area contributed by atoms with Crippen LogP contribution in [0, 0.1) is 0 Å². The normalized spacial score (nSPS) is 10.8. The van der Waals surface area contributed by atoms with Gasteiger partial charge < -0.3 is 9.47 Å². The summed E-state index contributed by atoms with van der Waals surface area (Å²) in [5.74, 6) is 1.16. The monoisotopic (exact) mass is 438 g/mol. The molecule has 0 saturated carbocycles. The number of nitrogens with zero attached hydrogens (tertiary/aromatic N) is 1. The van der Waals surface area contributed by atoms with E-state index in [4.69, 9.17) is 21.1 Å². The molecule has 26 heavy (non-hydrogen) atoms. The van der Waals surface area contributed by atoms with Gasteiger partial charge in [-0.25, -0.2) is 5.43 Å². The van der Waals surface area contributed by atoms with Crippen molar-refractivity contribution < 1.29 is 14.3 Å². The molecule has 0 aliphatic carbocycles. The zero-order chi connectivity index (χ0) is 18.9. The van der Waals surface area contributed by atoms with E-state index in [2.05, 4.69) is 33.4 Å². The van der Waals surface area contributed by atoms with Gasteiger partial charge in [0.2, 0.25) is 5.91 Å². The van der Waals surface area contributed by atoms with Crippen molar-refractivity contribution in [1.82, 2.24) is 5.43 Å². The standard InChI is InChI=1S/C19H20BrClN2O3/c1-3-8-26-18-7-4-13(9-16(18)20)12-22-23-19(24)11-14-10-15(25-2)5-6-17(14)21/h4-7,9-10,12H,3,8,11H2,1-2H3,(H,23,24)/b22-12+. The first-order valence-electron chi connectivity index (χ1n) is 8.10. The Morgan fingerprint density at radius 1 is 1.31 bits per heavy atom. The van der Waals surface area contributed by atoms with Crippen molar-refractivity contribution in [3.05, 3.63) is 57.0 Å². The predicted octanol–water partition coefficient (Wildman–Crippen LogP) is 4.59. The number of halogens is 2. The number of ether oxygens (including phenoxy) is 2. The van der Waals surface area contributed by atoms with Crippen LogP contribution in [-0.2, 0) is 11.2 Å². The minimum atomic E-state index is -0.265. The van der Waals surface area contributed by atoms with Crippen molar-refractivity contribution in [3.8, 4) is 11.5 Å². The predicted molar refractivity (Wildman–Crippen MR) is 107 cm³/mol. The fourth-order valence-electron chi connectivity index (χ4n) is 2.13. The highest BCUT2D eigenvalue weighted by molar-refractivity contribution is 9.10. The minimum absolute atomic E-state index is 0.112. The minimum Gasteiger partial charge on any atom is -0.497 e. The molecular weight excluding hydrogens is 420 g/mol. The molecule has 0 aliphatic heterocycles. The molecular formula is C19H20BrClN2O3. The number of hydrogen-bond acceptors (Lipinski definition) is 4. The van der Waals surface area contributed by atoms with Gasteiger partial charge in [0.25, 0.3) is 0 Å². The number of methoxy groups -OCH3 is 1. The van der Waals surface area contributed by atoms with E-state index in [1.165, 1.54) is 0 Å². The summed E-state index contributed by atoms with van der Waals surface area (Å²) in [5.41, 5.74) is 4.01. The summed E-state index contributed by atoms with van der Waals surface area (Å²) < 4.78 is 11.6. The molecule has 0 fully saturated rings. The molecule has 2 rings (SSSR count). The Labute approximate surface area is 166 Å². The lowest BCUT2D eigenvalue weighted by Gasteiger charge is -2.07. The molecule has 0 bridgehead atoms. The van der Waals surface area contributed by atoms with Crippen LogP contribution in [0.15, 0.2) is 46.0 Å². The number of hydrogen-bond donors (Lipinski definition) is 1. The smallest absolute Gasteiger partial charge is 0.244 e. The second-order valence-corrected chi connectivity index (χ2v) is 6.73. The van der Waals surface area contributed by atoms with Gasteiger partial charge in [0.1, 0.15) is 11.5 Å². The van der Waals surface area contributed by atoms with Crippen LogP contribution >= 0.6 is 27.5 Å². The van der Waals surface area contributed by atoms with E-state index in [-0.39, 0.29) is 12.3 Å². The van der Waals surface area contributed by atoms with Crippen LogP contribution < -0.4 is 14.9 Å². The zero-order valence-corrected chi connectivity index (χ0v) is 16.9. The third kappa shape index (κ3) is 6.04. The maximum Gasteiger partial charge on any atom is 0.244 e. The Morgan fingerprint density at radius 2 is 2.12 bits per heavy atom. The largest absolute Gasteiger partial charge is 0.497 e. The Hall–Kier alpha value is -2.05. The zero-order valence-electron chi connectivity index (χ0n) is 14.6. The molecule has 0 aromatic heterocycles. The van der Waals surface area contributed by atoms with Crippen LogP contribution in [0.3, 0.4) is 0 Å². The van der Waals surface area contributed by atoms with Gasteiger partial charge >= 0.3 is 0 Å². The summed E-state index contributed by atoms with van der Waals surface area (Å²) in [4.78, 5) is 12.0. The van der Waals surface area contributed by atoms with Crippen molar-refractivity contribution in [1.29, 1.82) is 0 Å². The third-order valence-electron chi connectivity index (χ3n) is 3.42. The molecule has 0 heterocycles. The van der Waals surface area contributed by atoms with Crippen molar-refractivity contribution in [2.75, 3.05) is 13.7 Å². The van der Waals surface area contributed by atoms with E-state index in [9.17, 15) is 4.79 Å². The van der Waals surface area contributed by atoms with Crippen LogP contribution in [0.5, 0.6) is 11.5 Å². The molecule has 1 amide bonds. The Kier molecular flexibility index (Phi) is 7.94. The van der Waals surface area contributed by atoms with Gasteiger partial charge in [0.15, 0.2) is 0 Å². The summed E-state index contributed by atoms with van der Waals surface area (Å²) in [6, 6.07) is 10.8. The van der Waals surface area contributed by atoms with Crippen molar-refractivity contribution >= 4 is 39.7 Å². The molecule has 1 N–H and O–H groups in total. The lowest BCUT2D eigenvalue weighted by Crippen LogP contribution is -2.20. The highest BCUT2D eigenvalue weighted by Crippen LogP contribution is 2.25. The van der Waals surface area contributed by atoms with E-state index >= 15 is 0 Å². The first kappa shape index (κ1) is 20.3. The second-order valence-electron chi connectivity index (χ2n) is 5.47. The summed E-state index contributed by atoms with van der Waals surface area (Å²) in [5, 5.41) is 4.49. The molecule has 0 spiro atoms. The third-order valence-corrected chi connectivity index (χ3v) is 4.41. The molecule has 7 heteroatoms. The van der Waals surface area contributed by atoms with Gasteiger partial charge in [0, 0.05) is 5.02 Å². The lowest BCUT2D eigenvalue weighted by molar-refractivity contribution is -0.120. The number of hydrazone groups is 1. The SMILES string of the molecule is CCCOc1ccc(/C=N/NC(=O)Cc2cc(OC)ccc2Cl)cc1Br. The van der Waals surface area contributed by atoms with E-state index < -0.39 is 0 Å². The Morgan fingerprint density at radius 3 is 2.81 bits per heavy atom. The van der Waals surface area contributed by atoms with Crippen molar-refractivity contribution in [2.24, 2.45) is 5.10 Å². The number of rotatable bonds is 8. The number of benzene rings is 2. The Balaban J connectivity index is 1.93. The average Bonchev–Trinajstić information content (AvgIpc) is 2.63. The molecule has 2 aromatic rings. The van der Waals surface area contributed by atoms with E-state index in [0.717, 1.165) is 22.2 Å². The van der Waals surface area contributed by atoms with Crippen molar-refractivity contribution in [2.45, 2.75) is 19.8 Å². The second kappa shape index (κ2) is 10.2. The molecule has 0 saturated heterocycles. The van der Waals surface area contributed by atoms with Crippen LogP contribution in [0.1, 0.15) is 24.5 Å². The van der Waals surface area contributed by atoms with E-state index in [1.807, 2.05) is 18.2 Å². The number of nitrogens with one attached hydrogen (secondary N) is 1. The molecule has 0 unspecified atom stereocenters. The molecule has 0 aliphatic rings. The summed E-state index contributed by atoms with van der Waals surface area (Å²) in [6.07, 6.45) is 2.62. The highest BCUT2D eigenvalue weighted by Gasteiger charge is 2.08. The lowest BCUT2D eigenvalue weighted by atomic mass is 10.1. The van der Waals surface area contributed by atoms with E-state index in [0.29, 0.717) is 22.9 Å². The summed E-state index contributed by atoms with van der Waals surface area (Å²) >= 11 is 9.57. The number of carbonyl (C=O) groups is 1. The maximum atomic E-state index is 12.0. The quantitative estimate of drug-likeness (QED) is 0.483. The number of carbonyl (C=O) groups excluding carboxylic acids is 1. The van der Waals surface area contributed by atoms with E-state index in [1.54, 1.807) is 31.5 Å². The molecule has 0 atom stereocenters. The highest BCUT2D eigenvalue weighted by atomic mass is 79.9. The van der Waals surface area contributed by atoms with Crippen molar-refractivity contribution in [3.63, 3.8) is 0 Å². The molecule has 5 nitrogen and oxygen atoms in total. The molecule has 0 radical (unpaired) electrons. The van der Waals surface area contributed by atoms with Gasteiger partial charge in [-0.05, 0) is 69.9 Å². The van der Waals surface area contributed by atoms with Gasteiger partial charge in [-0.1, -0.05) is 18.5 Å². The first-order chi connectivity index (χ1) is 12.5. The summed E-state index contributed by atoms with van der Waals surface area (Å²) in [6.45, 7) is 2.71. The van der Waals surface area contributed by atoms with Gasteiger partial charge in [-0.3, -0.25) is 4.79 Å². The summed E-state index contributed by atoms with van der Waals surface area (Å²) in [7, 11) is 1.56. The van der Waals surface area contributed by atoms with Gasteiger partial charge in [-0.2, -0.15) is 5.10 Å². The molecule has 138 valence electrons. The molecule has 2 aromatic carbocycles. The fourth-order valence-corrected chi connectivity index (χ4v) is 2.83. The average molecular weight is 440 g/mol. The maximum absolute atomic E-state index is 12.0. The Bertz CT molecular complexity index is 796. The topological polar surface area (TPSA) is 59.9 Å². The van der Waals surface area contributed by atoms with Crippen LogP contribution in [0.4, 0.5) is 0 Å². The van der Waals surface area contributed by atoms with Gasteiger partial charge in [-0.15, -0.1) is 0 Å². The van der Waals surface area contributed by atoms with Crippen LogP contribution in [0.25, 0.3) is 0 Å². The van der Waals surface area contributed by atoms with Crippen LogP contribution in [0.2, 0.25) is 5.02 Å². The first-order valence-corrected chi connectivity index (χ1v) is 9.27. The fraction of sp³-hybridized carbons (Fsp3) is 0.263. The van der Waals surface area contributed by atoms with Gasteiger partial charge in [0.05, 0.1) is 30.8 Å². The van der Waals surface area contributed by atoms with Crippen LogP contribution in [-0.4, -0.2) is 25.8 Å². The number of amides is 1.